The highest BCUT2D eigenvalue weighted by Gasteiger charge is 2.18. The molecule has 0 N–H and O–H groups in total. The molecular weight excluding hydrogens is 204 g/mol. The maximum Gasteiger partial charge on any atom is 0.138 e. The average Bonchev–Trinajstić information content (AvgIpc) is 2.77. The zero-order valence-corrected chi connectivity index (χ0v) is 8.95. The second-order valence-electron chi connectivity index (χ2n) is 3.39. The predicted molar refractivity (Wildman–Crippen MR) is 64.5 cm³/mol. The monoisotopic (exact) mass is 214 g/mol. The molecular formula is C12H10N2S. The van der Waals surface area contributed by atoms with E-state index >= 15 is 0 Å². The highest BCUT2D eigenvalue weighted by atomic mass is 32.2. The predicted octanol–water partition coefficient (Wildman–Crippen LogP) is 2.93. The number of rotatable bonds is 1. The molecule has 1 aromatic rings. The van der Waals surface area contributed by atoms with Crippen molar-refractivity contribution in [2.45, 2.75) is 0 Å². The molecule has 0 atom stereocenters. The molecule has 0 bridgehead atoms. The van der Waals surface area contributed by atoms with Gasteiger partial charge >= 0.3 is 0 Å². The molecule has 2 heterocycles. The summed E-state index contributed by atoms with van der Waals surface area (Å²) >= 11 is 1.76. The van der Waals surface area contributed by atoms with Gasteiger partial charge in [-0.2, -0.15) is 0 Å². The third-order valence-corrected chi connectivity index (χ3v) is 3.52. The van der Waals surface area contributed by atoms with Crippen LogP contribution in [0.5, 0.6) is 0 Å². The molecule has 3 rings (SSSR count). The minimum Gasteiger partial charge on any atom is -0.293 e. The number of fused-ring (bicyclic) bond motifs is 1. The van der Waals surface area contributed by atoms with Crippen molar-refractivity contribution < 1.29 is 0 Å². The summed E-state index contributed by atoms with van der Waals surface area (Å²) in [5.74, 6) is 1.02. The Morgan fingerprint density at radius 3 is 3.20 bits per heavy atom. The van der Waals surface area contributed by atoms with E-state index in [9.17, 15) is 0 Å². The van der Waals surface area contributed by atoms with Crippen LogP contribution in [0.3, 0.4) is 0 Å². The van der Waals surface area contributed by atoms with Gasteiger partial charge < -0.3 is 0 Å². The largest absolute Gasteiger partial charge is 0.293 e. The first-order valence-electron chi connectivity index (χ1n) is 4.89. The summed E-state index contributed by atoms with van der Waals surface area (Å²) in [6.45, 7) is 0.915. The fourth-order valence-electron chi connectivity index (χ4n) is 1.65. The number of hydrogen-bond acceptors (Lipinski definition) is 3. The van der Waals surface area contributed by atoms with Crippen LogP contribution in [0.4, 0.5) is 5.82 Å². The van der Waals surface area contributed by atoms with E-state index in [-0.39, 0.29) is 0 Å². The van der Waals surface area contributed by atoms with Crippen molar-refractivity contribution in [3.63, 3.8) is 0 Å². The first-order chi connectivity index (χ1) is 7.43. The molecule has 0 aromatic carbocycles. The standard InChI is InChI=1S/C12H10N2S/c1-2-8-13-12(6-1)14-9-7-10-4-3-5-11(10)15-14/h1-8H,9H2. The van der Waals surface area contributed by atoms with Crippen molar-refractivity contribution in [3.8, 4) is 0 Å². The summed E-state index contributed by atoms with van der Waals surface area (Å²) in [6, 6.07) is 5.99. The number of pyridine rings is 1. The minimum atomic E-state index is 0.915. The van der Waals surface area contributed by atoms with Crippen LogP contribution in [0.2, 0.25) is 0 Å². The van der Waals surface area contributed by atoms with Crippen LogP contribution in [0, 0.1) is 0 Å². The van der Waals surface area contributed by atoms with Gasteiger partial charge in [0, 0.05) is 11.1 Å². The van der Waals surface area contributed by atoms with Gasteiger partial charge in [-0.1, -0.05) is 24.3 Å². The fraction of sp³-hybridized carbons (Fsp3) is 0.0833. The van der Waals surface area contributed by atoms with Gasteiger partial charge in [0.25, 0.3) is 0 Å². The Bertz CT molecular complexity index is 460. The van der Waals surface area contributed by atoms with Crippen LogP contribution in [0.15, 0.2) is 59.2 Å². The minimum absolute atomic E-state index is 0.915. The van der Waals surface area contributed by atoms with Gasteiger partial charge in [-0.25, -0.2) is 4.98 Å². The summed E-state index contributed by atoms with van der Waals surface area (Å²) in [5.41, 5.74) is 1.34. The molecule has 1 aromatic heterocycles. The third kappa shape index (κ3) is 1.59. The van der Waals surface area contributed by atoms with E-state index < -0.39 is 0 Å². The Kier molecular flexibility index (Phi) is 2.10. The molecule has 1 aliphatic heterocycles. The van der Waals surface area contributed by atoms with E-state index in [2.05, 4.69) is 33.6 Å². The third-order valence-electron chi connectivity index (χ3n) is 2.40. The highest BCUT2D eigenvalue weighted by Crippen LogP contribution is 2.37. The number of nitrogens with zero attached hydrogens (tertiary/aromatic N) is 2. The summed E-state index contributed by atoms with van der Waals surface area (Å²) < 4.78 is 2.20. The topological polar surface area (TPSA) is 16.1 Å². The molecule has 0 saturated carbocycles. The normalized spacial score (nSPS) is 18.5. The maximum absolute atomic E-state index is 4.34. The molecule has 0 amide bonds. The van der Waals surface area contributed by atoms with Gasteiger partial charge in [-0.15, -0.1) is 0 Å². The summed E-state index contributed by atoms with van der Waals surface area (Å²) in [5, 5.41) is 0. The Morgan fingerprint density at radius 1 is 1.33 bits per heavy atom. The summed E-state index contributed by atoms with van der Waals surface area (Å²) in [6.07, 6.45) is 10.5. The van der Waals surface area contributed by atoms with Crippen LogP contribution >= 0.6 is 11.9 Å². The molecule has 2 aliphatic rings. The molecule has 0 spiro atoms. The van der Waals surface area contributed by atoms with Crippen LogP contribution in [-0.4, -0.2) is 11.5 Å². The van der Waals surface area contributed by atoms with Crippen LogP contribution < -0.4 is 4.31 Å². The lowest BCUT2D eigenvalue weighted by Gasteiger charge is -2.25. The lowest BCUT2D eigenvalue weighted by atomic mass is 10.2. The van der Waals surface area contributed by atoms with Gasteiger partial charge in [0.15, 0.2) is 0 Å². The Morgan fingerprint density at radius 2 is 2.33 bits per heavy atom. The van der Waals surface area contributed by atoms with Gasteiger partial charge in [0.05, 0.1) is 6.54 Å². The first-order valence-corrected chi connectivity index (χ1v) is 5.66. The molecule has 3 heteroatoms. The Balaban J connectivity index is 1.88. The van der Waals surface area contributed by atoms with Crippen molar-refractivity contribution in [2.75, 3.05) is 10.8 Å². The van der Waals surface area contributed by atoms with Gasteiger partial charge in [-0.3, -0.25) is 4.31 Å². The quantitative estimate of drug-likeness (QED) is 0.669. The molecule has 2 nitrogen and oxygen atoms in total. The first kappa shape index (κ1) is 8.80. The molecule has 15 heavy (non-hydrogen) atoms. The van der Waals surface area contributed by atoms with Crippen molar-refractivity contribution in [1.29, 1.82) is 0 Å². The summed E-state index contributed by atoms with van der Waals surface area (Å²) in [7, 11) is 0. The number of anilines is 1. The zero-order valence-electron chi connectivity index (χ0n) is 8.13. The van der Waals surface area contributed by atoms with Crippen molar-refractivity contribution in [2.24, 2.45) is 0 Å². The SMILES string of the molecule is C1=CC2=CCN(c3ccccn3)SC2=C1. The van der Waals surface area contributed by atoms with Gasteiger partial charge in [0.1, 0.15) is 5.82 Å². The van der Waals surface area contributed by atoms with Crippen molar-refractivity contribution in [3.05, 3.63) is 59.2 Å². The Hall–Kier alpha value is -1.48. The maximum atomic E-state index is 4.34. The molecule has 0 unspecified atom stereocenters. The smallest absolute Gasteiger partial charge is 0.138 e. The lowest BCUT2D eigenvalue weighted by molar-refractivity contribution is 1.12. The van der Waals surface area contributed by atoms with E-state index in [0.29, 0.717) is 0 Å². The van der Waals surface area contributed by atoms with Crippen LogP contribution in [0.1, 0.15) is 0 Å². The van der Waals surface area contributed by atoms with Crippen molar-refractivity contribution >= 4 is 17.8 Å². The van der Waals surface area contributed by atoms with E-state index in [4.69, 9.17) is 0 Å². The number of allylic oxidation sites excluding steroid dienone is 4. The highest BCUT2D eigenvalue weighted by molar-refractivity contribution is 8.04. The molecule has 0 radical (unpaired) electrons. The number of aromatic nitrogens is 1. The molecule has 0 saturated heterocycles. The summed E-state index contributed by atoms with van der Waals surface area (Å²) in [4.78, 5) is 5.66. The van der Waals surface area contributed by atoms with Gasteiger partial charge in [-0.05, 0) is 35.7 Å². The van der Waals surface area contributed by atoms with E-state index in [1.165, 1.54) is 10.5 Å². The molecule has 74 valence electrons. The average molecular weight is 214 g/mol. The Labute approximate surface area is 93.1 Å². The second-order valence-corrected chi connectivity index (χ2v) is 4.45. The number of hydrogen-bond donors (Lipinski definition) is 0. The molecule has 1 aliphatic carbocycles. The second kappa shape index (κ2) is 3.59. The van der Waals surface area contributed by atoms with Crippen LogP contribution in [0.25, 0.3) is 0 Å². The lowest BCUT2D eigenvalue weighted by Crippen LogP contribution is -2.19. The van der Waals surface area contributed by atoms with Crippen LogP contribution in [-0.2, 0) is 0 Å². The zero-order chi connectivity index (χ0) is 10.1. The van der Waals surface area contributed by atoms with E-state index in [1.807, 2.05) is 24.4 Å². The van der Waals surface area contributed by atoms with E-state index in [1.54, 1.807) is 11.9 Å². The van der Waals surface area contributed by atoms with Gasteiger partial charge in [0.2, 0.25) is 0 Å². The molecule has 0 fully saturated rings. The fourth-order valence-corrected chi connectivity index (χ4v) is 2.63. The van der Waals surface area contributed by atoms with E-state index in [0.717, 1.165) is 12.4 Å². The van der Waals surface area contributed by atoms with Crippen molar-refractivity contribution in [1.82, 2.24) is 4.98 Å².